The fourth-order valence-corrected chi connectivity index (χ4v) is 3.54. The highest BCUT2D eigenvalue weighted by Crippen LogP contribution is 2.40. The van der Waals surface area contributed by atoms with Crippen molar-refractivity contribution < 1.29 is 9.53 Å². The van der Waals surface area contributed by atoms with E-state index in [2.05, 4.69) is 26.1 Å². The minimum absolute atomic E-state index is 0.161. The molecule has 2 atom stereocenters. The molecule has 4 nitrogen and oxygen atoms in total. The lowest BCUT2D eigenvalue weighted by atomic mass is 9.88. The number of hydrogen-bond donors (Lipinski definition) is 1. The van der Waals surface area contributed by atoms with Gasteiger partial charge in [-0.3, -0.25) is 0 Å². The Morgan fingerprint density at radius 1 is 1.18 bits per heavy atom. The number of hydrogen-bond acceptors (Lipinski definition) is 3. The van der Waals surface area contributed by atoms with Crippen LogP contribution < -0.4 is 5.32 Å². The monoisotopic (exact) mass is 310 g/mol. The van der Waals surface area contributed by atoms with Gasteiger partial charge in [-0.15, -0.1) is 0 Å². The summed E-state index contributed by atoms with van der Waals surface area (Å²) in [5.41, 5.74) is -0.199. The van der Waals surface area contributed by atoms with Gasteiger partial charge in [-0.2, -0.15) is 0 Å². The molecule has 1 aliphatic heterocycles. The van der Waals surface area contributed by atoms with E-state index in [1.165, 1.54) is 19.3 Å². The summed E-state index contributed by atoms with van der Waals surface area (Å²) in [7, 11) is 0. The van der Waals surface area contributed by atoms with E-state index in [-0.39, 0.29) is 11.6 Å². The van der Waals surface area contributed by atoms with Crippen molar-refractivity contribution in [3.8, 4) is 0 Å². The van der Waals surface area contributed by atoms with Crippen LogP contribution in [-0.4, -0.2) is 41.3 Å². The van der Waals surface area contributed by atoms with Crippen LogP contribution in [0.3, 0.4) is 0 Å². The van der Waals surface area contributed by atoms with Gasteiger partial charge in [0, 0.05) is 24.7 Å². The minimum Gasteiger partial charge on any atom is -0.444 e. The summed E-state index contributed by atoms with van der Waals surface area (Å²) in [6.07, 6.45) is 4.79. The minimum atomic E-state index is -0.415. The van der Waals surface area contributed by atoms with Gasteiger partial charge in [-0.1, -0.05) is 0 Å². The molecule has 22 heavy (non-hydrogen) atoms. The lowest BCUT2D eigenvalue weighted by Crippen LogP contribution is -2.53. The number of nitrogens with one attached hydrogen (secondary N) is 1. The van der Waals surface area contributed by atoms with Gasteiger partial charge in [0.25, 0.3) is 0 Å². The highest BCUT2D eigenvalue weighted by Gasteiger charge is 2.40. The Balaban J connectivity index is 1.88. The summed E-state index contributed by atoms with van der Waals surface area (Å²) >= 11 is 0. The first-order chi connectivity index (χ1) is 10.1. The molecule has 1 saturated heterocycles. The molecule has 0 bridgehead atoms. The van der Waals surface area contributed by atoms with Gasteiger partial charge in [-0.05, 0) is 79.1 Å². The van der Waals surface area contributed by atoms with Gasteiger partial charge in [0.1, 0.15) is 5.60 Å². The molecular formula is C18H34N2O2. The van der Waals surface area contributed by atoms with Crippen LogP contribution in [0, 0.1) is 11.8 Å². The van der Waals surface area contributed by atoms with Crippen molar-refractivity contribution >= 4 is 6.09 Å². The molecule has 0 aromatic carbocycles. The average Bonchev–Trinajstić information content (AvgIpc) is 3.21. The molecule has 2 aliphatic rings. The maximum absolute atomic E-state index is 12.3. The van der Waals surface area contributed by atoms with Crippen molar-refractivity contribution in [1.29, 1.82) is 0 Å². The standard InChI is InChI=1S/C18H34N2O2/c1-13(19-18(5,6)15-9-10-15)14-8-7-11-20(12-14)16(21)22-17(2,3)4/h13-15,19H,7-12H2,1-6H3. The average molecular weight is 310 g/mol. The molecule has 0 spiro atoms. The van der Waals surface area contributed by atoms with Crippen molar-refractivity contribution in [1.82, 2.24) is 10.2 Å². The second kappa shape index (κ2) is 6.38. The summed E-state index contributed by atoms with van der Waals surface area (Å²) < 4.78 is 5.52. The number of ether oxygens (including phenoxy) is 1. The molecule has 128 valence electrons. The Morgan fingerprint density at radius 2 is 1.82 bits per heavy atom. The van der Waals surface area contributed by atoms with Crippen molar-refractivity contribution in [2.45, 2.75) is 84.4 Å². The fraction of sp³-hybridized carbons (Fsp3) is 0.944. The molecule has 0 aromatic heterocycles. The molecule has 2 unspecified atom stereocenters. The number of likely N-dealkylation sites (tertiary alicyclic amines) is 1. The van der Waals surface area contributed by atoms with Crippen LogP contribution in [0.15, 0.2) is 0 Å². The van der Waals surface area contributed by atoms with Crippen LogP contribution in [-0.2, 0) is 4.74 Å². The third kappa shape index (κ3) is 4.87. The van der Waals surface area contributed by atoms with Crippen molar-refractivity contribution in [3.63, 3.8) is 0 Å². The summed E-state index contributed by atoms with van der Waals surface area (Å²) in [6.45, 7) is 14.3. The Kier molecular flexibility index (Phi) is 5.10. The number of rotatable bonds is 4. The van der Waals surface area contributed by atoms with Gasteiger partial charge >= 0.3 is 6.09 Å². The van der Waals surface area contributed by atoms with E-state index in [0.29, 0.717) is 12.0 Å². The third-order valence-corrected chi connectivity index (χ3v) is 5.01. The third-order valence-electron chi connectivity index (χ3n) is 5.01. The second-order valence-corrected chi connectivity index (χ2v) is 8.76. The van der Waals surface area contributed by atoms with Gasteiger partial charge in [0.05, 0.1) is 0 Å². The van der Waals surface area contributed by atoms with Crippen molar-refractivity contribution in [2.24, 2.45) is 11.8 Å². The summed E-state index contributed by atoms with van der Waals surface area (Å²) in [5, 5.41) is 3.82. The Hall–Kier alpha value is -0.770. The number of piperidine rings is 1. The van der Waals surface area contributed by atoms with Gasteiger partial charge in [0.15, 0.2) is 0 Å². The number of nitrogens with zero attached hydrogens (tertiary/aromatic N) is 1. The Bertz CT molecular complexity index is 396. The smallest absolute Gasteiger partial charge is 0.410 e. The molecule has 1 aliphatic carbocycles. The molecule has 2 rings (SSSR count). The second-order valence-electron chi connectivity index (χ2n) is 8.76. The van der Waals surface area contributed by atoms with E-state index in [1.54, 1.807) is 0 Å². The van der Waals surface area contributed by atoms with E-state index in [0.717, 1.165) is 25.4 Å². The van der Waals surface area contributed by atoms with Crippen LogP contribution in [0.4, 0.5) is 4.79 Å². The highest BCUT2D eigenvalue weighted by atomic mass is 16.6. The predicted molar refractivity (Wildman–Crippen MR) is 89.9 cm³/mol. The number of carbonyl (C=O) groups excluding carboxylic acids is 1. The van der Waals surface area contributed by atoms with Crippen molar-refractivity contribution in [3.05, 3.63) is 0 Å². The normalized spacial score (nSPS) is 25.0. The molecule has 1 amide bonds. The van der Waals surface area contributed by atoms with Gasteiger partial charge < -0.3 is 15.0 Å². The summed E-state index contributed by atoms with van der Waals surface area (Å²) in [6, 6.07) is 0.431. The Morgan fingerprint density at radius 3 is 2.36 bits per heavy atom. The zero-order valence-corrected chi connectivity index (χ0v) is 15.2. The zero-order chi connectivity index (χ0) is 16.5. The lowest BCUT2D eigenvalue weighted by Gasteiger charge is -2.40. The number of carbonyl (C=O) groups is 1. The molecule has 1 saturated carbocycles. The quantitative estimate of drug-likeness (QED) is 0.858. The largest absolute Gasteiger partial charge is 0.444 e. The molecule has 1 N–H and O–H groups in total. The SMILES string of the molecule is CC(NC(C)(C)C1CC1)C1CCCN(C(=O)OC(C)(C)C)C1. The summed E-state index contributed by atoms with van der Waals surface area (Å²) in [4.78, 5) is 14.2. The molecule has 4 heteroatoms. The first-order valence-electron chi connectivity index (χ1n) is 8.84. The summed E-state index contributed by atoms with van der Waals surface area (Å²) in [5.74, 6) is 1.33. The van der Waals surface area contributed by atoms with Crippen molar-refractivity contribution in [2.75, 3.05) is 13.1 Å². The van der Waals surface area contributed by atoms with Crippen LogP contribution >= 0.6 is 0 Å². The predicted octanol–water partition coefficient (Wildman–Crippen LogP) is 3.80. The van der Waals surface area contributed by atoms with Crippen LogP contribution in [0.25, 0.3) is 0 Å². The molecule has 2 fully saturated rings. The van der Waals surface area contributed by atoms with E-state index in [9.17, 15) is 4.79 Å². The molecule has 0 radical (unpaired) electrons. The zero-order valence-electron chi connectivity index (χ0n) is 15.2. The van der Waals surface area contributed by atoms with Crippen LogP contribution in [0.2, 0.25) is 0 Å². The fourth-order valence-electron chi connectivity index (χ4n) is 3.54. The van der Waals surface area contributed by atoms with Crippen LogP contribution in [0.1, 0.15) is 67.2 Å². The molecule has 0 aromatic rings. The lowest BCUT2D eigenvalue weighted by molar-refractivity contribution is 0.0141. The van der Waals surface area contributed by atoms with E-state index in [1.807, 2.05) is 25.7 Å². The molecule has 1 heterocycles. The molecular weight excluding hydrogens is 276 g/mol. The van der Waals surface area contributed by atoms with Crippen LogP contribution in [0.5, 0.6) is 0 Å². The van der Waals surface area contributed by atoms with E-state index < -0.39 is 5.60 Å². The Labute approximate surface area is 136 Å². The highest BCUT2D eigenvalue weighted by molar-refractivity contribution is 5.68. The topological polar surface area (TPSA) is 41.6 Å². The van der Waals surface area contributed by atoms with E-state index in [4.69, 9.17) is 4.74 Å². The maximum Gasteiger partial charge on any atom is 0.410 e. The van der Waals surface area contributed by atoms with Gasteiger partial charge in [-0.25, -0.2) is 4.79 Å². The van der Waals surface area contributed by atoms with E-state index >= 15 is 0 Å². The maximum atomic E-state index is 12.3. The first-order valence-corrected chi connectivity index (χ1v) is 8.84. The first kappa shape index (κ1) is 17.6. The van der Waals surface area contributed by atoms with Gasteiger partial charge in [0.2, 0.25) is 0 Å². The number of amides is 1.